The SMILES string of the molecule is CCC(C)(CC(C)C(=O)OC12CC3CC(C1)C(O)C(C3)C2)C(=O)OC(C(=O)O)C(C)(C)CO. The highest BCUT2D eigenvalue weighted by atomic mass is 16.6. The van der Waals surface area contributed by atoms with Crippen molar-refractivity contribution >= 4 is 17.9 Å². The fraction of sp³-hybridized carbons (Fsp3) is 0.880. The monoisotopic (exact) mass is 468 g/mol. The molecule has 188 valence electrons. The summed E-state index contributed by atoms with van der Waals surface area (Å²) >= 11 is 0. The normalized spacial score (nSPS) is 34.3. The van der Waals surface area contributed by atoms with Crippen LogP contribution in [0.3, 0.4) is 0 Å². The molecule has 8 heteroatoms. The molecule has 33 heavy (non-hydrogen) atoms. The third kappa shape index (κ3) is 5.06. The van der Waals surface area contributed by atoms with Crippen LogP contribution in [0.25, 0.3) is 0 Å². The van der Waals surface area contributed by atoms with Gasteiger partial charge in [0.05, 0.1) is 24.0 Å². The van der Waals surface area contributed by atoms with E-state index in [2.05, 4.69) is 0 Å². The van der Waals surface area contributed by atoms with Crippen LogP contribution in [0.1, 0.15) is 79.6 Å². The van der Waals surface area contributed by atoms with E-state index in [9.17, 15) is 29.7 Å². The van der Waals surface area contributed by atoms with Crippen molar-refractivity contribution < 1.29 is 39.2 Å². The van der Waals surface area contributed by atoms with Gasteiger partial charge >= 0.3 is 17.9 Å². The fourth-order valence-corrected chi connectivity index (χ4v) is 6.37. The standard InChI is InChI=1S/C25H40O8/c1-6-24(5,22(31)32-19(20(28)29)23(3,4)13-26)9-14(2)21(30)33-25-10-15-7-16(11-25)18(27)17(8-15)12-25/h14-19,26-27H,6-13H2,1-5H3,(H,28,29). The zero-order valence-corrected chi connectivity index (χ0v) is 20.5. The third-order valence-electron chi connectivity index (χ3n) is 8.48. The molecule has 0 aromatic carbocycles. The molecule has 4 fully saturated rings. The molecule has 0 saturated heterocycles. The van der Waals surface area contributed by atoms with Gasteiger partial charge in [0.15, 0.2) is 0 Å². The maximum Gasteiger partial charge on any atom is 0.345 e. The van der Waals surface area contributed by atoms with Gasteiger partial charge in [0.1, 0.15) is 5.60 Å². The smallest absolute Gasteiger partial charge is 0.345 e. The number of ether oxygens (including phenoxy) is 2. The topological polar surface area (TPSA) is 130 Å². The molecule has 0 spiro atoms. The largest absolute Gasteiger partial charge is 0.478 e. The van der Waals surface area contributed by atoms with E-state index >= 15 is 0 Å². The van der Waals surface area contributed by atoms with Crippen molar-refractivity contribution in [2.75, 3.05) is 6.61 Å². The van der Waals surface area contributed by atoms with Crippen molar-refractivity contribution in [3.8, 4) is 0 Å². The van der Waals surface area contributed by atoms with E-state index in [0.29, 0.717) is 25.2 Å². The zero-order chi connectivity index (χ0) is 24.8. The minimum Gasteiger partial charge on any atom is -0.478 e. The highest BCUT2D eigenvalue weighted by molar-refractivity contribution is 5.82. The average Bonchev–Trinajstić information content (AvgIpc) is 2.73. The molecule has 8 nitrogen and oxygen atoms in total. The second-order valence-corrected chi connectivity index (χ2v) is 11.9. The lowest BCUT2D eigenvalue weighted by Gasteiger charge is -2.57. The van der Waals surface area contributed by atoms with E-state index in [1.165, 1.54) is 13.8 Å². The molecular weight excluding hydrogens is 428 g/mol. The van der Waals surface area contributed by atoms with Gasteiger partial charge in [0.25, 0.3) is 0 Å². The third-order valence-corrected chi connectivity index (χ3v) is 8.48. The van der Waals surface area contributed by atoms with E-state index in [-0.39, 0.29) is 30.3 Å². The van der Waals surface area contributed by atoms with Crippen molar-refractivity contribution in [2.45, 2.75) is 97.4 Å². The summed E-state index contributed by atoms with van der Waals surface area (Å²) in [5, 5.41) is 29.5. The summed E-state index contributed by atoms with van der Waals surface area (Å²) in [6.45, 7) is 7.78. The highest BCUT2D eigenvalue weighted by Gasteiger charge is 2.57. The number of carbonyl (C=O) groups is 3. The Balaban J connectivity index is 1.66. The minimum atomic E-state index is -1.50. The van der Waals surface area contributed by atoms with E-state index in [0.717, 1.165) is 19.3 Å². The second-order valence-electron chi connectivity index (χ2n) is 11.9. The summed E-state index contributed by atoms with van der Waals surface area (Å²) < 4.78 is 11.5. The maximum absolute atomic E-state index is 13.1. The van der Waals surface area contributed by atoms with Crippen molar-refractivity contribution in [3.63, 3.8) is 0 Å². The molecule has 4 saturated carbocycles. The summed E-state index contributed by atoms with van der Waals surface area (Å²) in [6.07, 6.45) is 2.97. The summed E-state index contributed by atoms with van der Waals surface area (Å²) in [5.41, 5.74) is -2.73. The van der Waals surface area contributed by atoms with Crippen LogP contribution >= 0.6 is 0 Å². The van der Waals surface area contributed by atoms with Crippen molar-refractivity contribution in [1.82, 2.24) is 0 Å². The Hall–Kier alpha value is -1.67. The molecule has 0 amide bonds. The number of carboxylic acid groups (broad SMARTS) is 1. The van der Waals surface area contributed by atoms with Gasteiger partial charge in [-0.1, -0.05) is 27.7 Å². The number of aliphatic hydroxyl groups is 2. The van der Waals surface area contributed by atoms with Crippen LogP contribution in [-0.2, 0) is 23.9 Å². The lowest BCUT2D eigenvalue weighted by Crippen LogP contribution is -2.58. The molecular formula is C25H40O8. The molecule has 5 atom stereocenters. The van der Waals surface area contributed by atoms with Gasteiger partial charge in [-0.25, -0.2) is 4.79 Å². The second kappa shape index (κ2) is 9.17. The van der Waals surface area contributed by atoms with Crippen molar-refractivity contribution in [2.24, 2.45) is 34.5 Å². The molecule has 0 radical (unpaired) electrons. The van der Waals surface area contributed by atoms with Gasteiger partial charge in [0, 0.05) is 5.41 Å². The Labute approximate surface area is 196 Å². The summed E-state index contributed by atoms with van der Waals surface area (Å²) in [7, 11) is 0. The lowest BCUT2D eigenvalue weighted by molar-refractivity contribution is -0.210. The summed E-state index contributed by atoms with van der Waals surface area (Å²) in [6, 6.07) is 0. The van der Waals surface area contributed by atoms with Crippen LogP contribution in [0.2, 0.25) is 0 Å². The Kier molecular flexibility index (Phi) is 7.21. The van der Waals surface area contributed by atoms with Crippen molar-refractivity contribution in [3.05, 3.63) is 0 Å². The summed E-state index contributed by atoms with van der Waals surface area (Å²) in [4.78, 5) is 37.8. The molecule has 0 heterocycles. The molecule has 5 unspecified atom stereocenters. The number of hydrogen-bond acceptors (Lipinski definition) is 7. The number of hydrogen-bond donors (Lipinski definition) is 3. The minimum absolute atomic E-state index is 0.169. The Morgan fingerprint density at radius 1 is 1.09 bits per heavy atom. The van der Waals surface area contributed by atoms with E-state index < -0.39 is 47.0 Å². The van der Waals surface area contributed by atoms with Crippen LogP contribution in [0.15, 0.2) is 0 Å². The van der Waals surface area contributed by atoms with Gasteiger partial charge in [-0.05, 0) is 69.6 Å². The Morgan fingerprint density at radius 3 is 2.15 bits per heavy atom. The number of aliphatic hydroxyl groups excluding tert-OH is 2. The number of carboxylic acids is 1. The quantitative estimate of drug-likeness (QED) is 0.417. The zero-order valence-electron chi connectivity index (χ0n) is 20.5. The Bertz CT molecular complexity index is 760. The number of carbonyl (C=O) groups excluding carboxylic acids is 2. The van der Waals surface area contributed by atoms with Crippen molar-refractivity contribution in [1.29, 1.82) is 0 Å². The lowest BCUT2D eigenvalue weighted by atomic mass is 9.53. The molecule has 4 bridgehead atoms. The first-order valence-corrected chi connectivity index (χ1v) is 12.2. The molecule has 4 aliphatic carbocycles. The predicted molar refractivity (Wildman–Crippen MR) is 119 cm³/mol. The van der Waals surface area contributed by atoms with Gasteiger partial charge in [0.2, 0.25) is 6.10 Å². The first-order chi connectivity index (χ1) is 15.3. The first-order valence-electron chi connectivity index (χ1n) is 12.2. The maximum atomic E-state index is 13.1. The molecule has 0 aromatic rings. The van der Waals surface area contributed by atoms with Gasteiger partial charge in [-0.2, -0.15) is 0 Å². The molecule has 4 rings (SSSR count). The van der Waals surface area contributed by atoms with E-state index in [4.69, 9.17) is 9.47 Å². The fourth-order valence-electron chi connectivity index (χ4n) is 6.37. The van der Waals surface area contributed by atoms with Crippen LogP contribution in [0, 0.1) is 34.5 Å². The first kappa shape index (κ1) is 25.9. The molecule has 4 aliphatic rings. The van der Waals surface area contributed by atoms with Crippen LogP contribution in [0.5, 0.6) is 0 Å². The number of esters is 2. The van der Waals surface area contributed by atoms with Crippen LogP contribution in [-0.4, -0.2) is 57.6 Å². The Morgan fingerprint density at radius 2 is 1.67 bits per heavy atom. The van der Waals surface area contributed by atoms with Gasteiger partial charge < -0.3 is 24.8 Å². The van der Waals surface area contributed by atoms with Gasteiger partial charge in [-0.3, -0.25) is 9.59 Å². The predicted octanol–water partition coefficient (Wildman–Crippen LogP) is 2.93. The van der Waals surface area contributed by atoms with E-state index in [1.807, 2.05) is 0 Å². The molecule has 0 aliphatic heterocycles. The van der Waals surface area contributed by atoms with Crippen LogP contribution < -0.4 is 0 Å². The molecule has 0 aromatic heterocycles. The van der Waals surface area contributed by atoms with E-state index in [1.54, 1.807) is 20.8 Å². The van der Waals surface area contributed by atoms with Gasteiger partial charge in [-0.15, -0.1) is 0 Å². The van der Waals surface area contributed by atoms with Crippen LogP contribution in [0.4, 0.5) is 0 Å². The summed E-state index contributed by atoms with van der Waals surface area (Å²) in [5.74, 6) is -2.07. The number of rotatable bonds is 10. The highest BCUT2D eigenvalue weighted by Crippen LogP contribution is 2.57. The molecule has 3 N–H and O–H groups in total. The average molecular weight is 469 g/mol. The number of aliphatic carboxylic acids is 1.